The minimum Gasteiger partial charge on any atom is -0.497 e. The fraction of sp³-hybridized carbons (Fsp3) is 0.400. The van der Waals surface area contributed by atoms with E-state index in [1.807, 2.05) is 18.2 Å². The van der Waals surface area contributed by atoms with Gasteiger partial charge in [-0.3, -0.25) is 4.98 Å². The fourth-order valence-electron chi connectivity index (χ4n) is 2.58. The van der Waals surface area contributed by atoms with Crippen molar-refractivity contribution in [1.29, 1.82) is 0 Å². The highest BCUT2D eigenvalue weighted by atomic mass is 16.5. The van der Waals surface area contributed by atoms with Gasteiger partial charge in [-0.05, 0) is 43.7 Å². The van der Waals surface area contributed by atoms with Crippen LogP contribution in [0.2, 0.25) is 0 Å². The van der Waals surface area contributed by atoms with Gasteiger partial charge in [0.2, 0.25) is 0 Å². The van der Waals surface area contributed by atoms with E-state index >= 15 is 0 Å². The monoisotopic (exact) mass is 242 g/mol. The Morgan fingerprint density at radius 2 is 2.22 bits per heavy atom. The van der Waals surface area contributed by atoms with Gasteiger partial charge in [0, 0.05) is 23.5 Å². The van der Waals surface area contributed by atoms with Gasteiger partial charge in [-0.1, -0.05) is 6.07 Å². The lowest BCUT2D eigenvalue weighted by Gasteiger charge is -2.22. The summed E-state index contributed by atoms with van der Waals surface area (Å²) in [7, 11) is 1.69. The topological polar surface area (TPSA) is 34.1 Å². The van der Waals surface area contributed by atoms with Gasteiger partial charge in [-0.25, -0.2) is 0 Å². The number of fused-ring (bicyclic) bond motifs is 1. The van der Waals surface area contributed by atoms with Gasteiger partial charge in [0.25, 0.3) is 0 Å². The lowest BCUT2D eigenvalue weighted by Crippen LogP contribution is -2.28. The van der Waals surface area contributed by atoms with Crippen molar-refractivity contribution < 1.29 is 4.74 Å². The third kappa shape index (κ3) is 2.18. The molecule has 1 aromatic carbocycles. The maximum atomic E-state index is 5.23. The molecule has 2 aromatic rings. The molecule has 3 nitrogen and oxygen atoms in total. The van der Waals surface area contributed by atoms with Crippen molar-refractivity contribution in [3.63, 3.8) is 0 Å². The molecule has 1 aromatic heterocycles. The zero-order valence-corrected chi connectivity index (χ0v) is 10.6. The molecule has 1 aliphatic rings. The van der Waals surface area contributed by atoms with Gasteiger partial charge in [-0.15, -0.1) is 0 Å². The second-order valence-electron chi connectivity index (χ2n) is 4.84. The Labute approximate surface area is 107 Å². The van der Waals surface area contributed by atoms with Gasteiger partial charge >= 0.3 is 0 Å². The Kier molecular flexibility index (Phi) is 3.15. The van der Waals surface area contributed by atoms with Crippen LogP contribution in [0.3, 0.4) is 0 Å². The van der Waals surface area contributed by atoms with E-state index in [-0.39, 0.29) is 0 Å². The van der Waals surface area contributed by atoms with Crippen molar-refractivity contribution in [3.8, 4) is 5.75 Å². The number of hydrogen-bond donors (Lipinski definition) is 1. The van der Waals surface area contributed by atoms with Gasteiger partial charge in [0.15, 0.2) is 0 Å². The third-order valence-electron chi connectivity index (χ3n) is 3.63. The number of piperidine rings is 1. The summed E-state index contributed by atoms with van der Waals surface area (Å²) in [6.45, 7) is 2.19. The molecule has 0 bridgehead atoms. The summed E-state index contributed by atoms with van der Waals surface area (Å²) in [5.74, 6) is 1.45. The van der Waals surface area contributed by atoms with Crippen LogP contribution in [-0.4, -0.2) is 25.2 Å². The Morgan fingerprint density at radius 3 is 3.00 bits per heavy atom. The van der Waals surface area contributed by atoms with Gasteiger partial charge in [0.05, 0.1) is 12.6 Å². The molecule has 2 heterocycles. The molecule has 0 spiro atoms. The van der Waals surface area contributed by atoms with Crippen LogP contribution in [-0.2, 0) is 0 Å². The van der Waals surface area contributed by atoms with E-state index in [4.69, 9.17) is 9.72 Å². The van der Waals surface area contributed by atoms with Crippen LogP contribution in [0.15, 0.2) is 30.3 Å². The van der Waals surface area contributed by atoms with Gasteiger partial charge in [0.1, 0.15) is 5.75 Å². The second kappa shape index (κ2) is 4.94. The minimum atomic E-state index is 0.560. The number of ether oxygens (including phenoxy) is 1. The predicted octanol–water partition coefficient (Wildman–Crippen LogP) is 2.71. The quantitative estimate of drug-likeness (QED) is 0.879. The highest BCUT2D eigenvalue weighted by Gasteiger charge is 2.16. The van der Waals surface area contributed by atoms with E-state index in [2.05, 4.69) is 17.4 Å². The average molecular weight is 242 g/mol. The van der Waals surface area contributed by atoms with Crippen LogP contribution < -0.4 is 10.1 Å². The van der Waals surface area contributed by atoms with E-state index < -0.39 is 0 Å². The first kappa shape index (κ1) is 11.5. The summed E-state index contributed by atoms with van der Waals surface area (Å²) in [5, 5.41) is 4.58. The predicted molar refractivity (Wildman–Crippen MR) is 73.1 cm³/mol. The van der Waals surface area contributed by atoms with Crippen molar-refractivity contribution in [2.45, 2.75) is 18.8 Å². The summed E-state index contributed by atoms with van der Waals surface area (Å²) >= 11 is 0. The van der Waals surface area contributed by atoms with Crippen LogP contribution in [0, 0.1) is 0 Å². The van der Waals surface area contributed by atoms with E-state index in [1.165, 1.54) is 18.5 Å². The highest BCUT2D eigenvalue weighted by molar-refractivity contribution is 5.80. The van der Waals surface area contributed by atoms with E-state index in [1.54, 1.807) is 7.11 Å². The number of aromatic nitrogens is 1. The van der Waals surface area contributed by atoms with E-state index in [0.717, 1.165) is 29.7 Å². The number of rotatable bonds is 2. The molecule has 1 atom stereocenters. The van der Waals surface area contributed by atoms with Crippen LogP contribution >= 0.6 is 0 Å². The molecule has 1 fully saturated rings. The number of methoxy groups -OCH3 is 1. The van der Waals surface area contributed by atoms with Crippen LogP contribution in [0.5, 0.6) is 5.75 Å². The Morgan fingerprint density at radius 1 is 1.28 bits per heavy atom. The standard InChI is InChI=1S/C15H18N2O/c1-18-13-5-7-14-11(9-13)4-6-15(17-14)12-3-2-8-16-10-12/h4-7,9,12,16H,2-3,8,10H2,1H3. The molecule has 0 saturated carbocycles. The van der Waals surface area contributed by atoms with Crippen LogP contribution in [0.4, 0.5) is 0 Å². The summed E-state index contributed by atoms with van der Waals surface area (Å²) in [6, 6.07) is 10.3. The molecular weight excluding hydrogens is 224 g/mol. The molecule has 0 aliphatic carbocycles. The van der Waals surface area contributed by atoms with Crippen molar-refractivity contribution in [1.82, 2.24) is 10.3 Å². The average Bonchev–Trinajstić information content (AvgIpc) is 2.47. The number of benzene rings is 1. The highest BCUT2D eigenvalue weighted by Crippen LogP contribution is 2.25. The second-order valence-corrected chi connectivity index (χ2v) is 4.84. The zero-order valence-electron chi connectivity index (χ0n) is 10.6. The molecular formula is C15H18N2O. The van der Waals surface area contributed by atoms with Crippen molar-refractivity contribution >= 4 is 10.9 Å². The third-order valence-corrected chi connectivity index (χ3v) is 3.63. The Balaban J connectivity index is 1.95. The zero-order chi connectivity index (χ0) is 12.4. The molecule has 3 rings (SSSR count). The van der Waals surface area contributed by atoms with Gasteiger partial charge < -0.3 is 10.1 Å². The first-order valence-electron chi connectivity index (χ1n) is 6.52. The summed E-state index contributed by atoms with van der Waals surface area (Å²) in [5.41, 5.74) is 2.26. The van der Waals surface area contributed by atoms with E-state index in [0.29, 0.717) is 5.92 Å². The van der Waals surface area contributed by atoms with Crippen LogP contribution in [0.25, 0.3) is 10.9 Å². The molecule has 1 unspecified atom stereocenters. The largest absolute Gasteiger partial charge is 0.497 e. The molecule has 0 radical (unpaired) electrons. The molecule has 1 saturated heterocycles. The number of hydrogen-bond acceptors (Lipinski definition) is 3. The van der Waals surface area contributed by atoms with Crippen molar-refractivity contribution in [3.05, 3.63) is 36.0 Å². The molecule has 94 valence electrons. The Hall–Kier alpha value is -1.61. The van der Waals surface area contributed by atoms with E-state index in [9.17, 15) is 0 Å². The lowest BCUT2D eigenvalue weighted by atomic mass is 9.95. The molecule has 0 amide bonds. The SMILES string of the molecule is COc1ccc2nc(C3CCCNC3)ccc2c1. The summed E-state index contributed by atoms with van der Waals surface area (Å²) in [6.07, 6.45) is 2.48. The number of nitrogens with zero attached hydrogens (tertiary/aromatic N) is 1. The number of nitrogens with one attached hydrogen (secondary N) is 1. The molecule has 1 N–H and O–H groups in total. The molecule has 1 aliphatic heterocycles. The van der Waals surface area contributed by atoms with Gasteiger partial charge in [-0.2, -0.15) is 0 Å². The normalized spacial score (nSPS) is 19.9. The molecule has 3 heteroatoms. The first-order valence-corrected chi connectivity index (χ1v) is 6.52. The maximum Gasteiger partial charge on any atom is 0.119 e. The fourth-order valence-corrected chi connectivity index (χ4v) is 2.58. The minimum absolute atomic E-state index is 0.560. The van der Waals surface area contributed by atoms with Crippen LogP contribution in [0.1, 0.15) is 24.5 Å². The maximum absolute atomic E-state index is 5.23. The van der Waals surface area contributed by atoms with Crippen molar-refractivity contribution in [2.24, 2.45) is 0 Å². The first-order chi connectivity index (χ1) is 8.86. The smallest absolute Gasteiger partial charge is 0.119 e. The lowest BCUT2D eigenvalue weighted by molar-refractivity contribution is 0.415. The Bertz CT molecular complexity index is 547. The summed E-state index contributed by atoms with van der Waals surface area (Å²) < 4.78 is 5.23. The number of pyridine rings is 1. The molecule has 18 heavy (non-hydrogen) atoms. The van der Waals surface area contributed by atoms with Crippen molar-refractivity contribution in [2.75, 3.05) is 20.2 Å². The summed E-state index contributed by atoms with van der Waals surface area (Å²) in [4.78, 5) is 4.78.